The molecule has 0 aromatic heterocycles. The highest BCUT2D eigenvalue weighted by atomic mass is 32.1. The van der Waals surface area contributed by atoms with Crippen molar-refractivity contribution >= 4 is 20.5 Å². The summed E-state index contributed by atoms with van der Waals surface area (Å²) >= 11 is 4.58. The summed E-state index contributed by atoms with van der Waals surface area (Å²) in [6.45, 7) is 0. The molecule has 2 aliphatic rings. The molecule has 0 spiro atoms. The molecule has 0 heterocycles. The zero-order valence-electron chi connectivity index (χ0n) is 7.29. The van der Waals surface area contributed by atoms with E-state index in [1.165, 1.54) is 32.1 Å². The van der Waals surface area contributed by atoms with Crippen LogP contribution in [-0.2, 0) is 0 Å². The highest BCUT2D eigenvalue weighted by molar-refractivity contribution is 7.80. The van der Waals surface area contributed by atoms with E-state index >= 15 is 0 Å². The van der Waals surface area contributed by atoms with Gasteiger partial charge in [0.25, 0.3) is 0 Å². The SMILES string of the molecule is BC1CCC2CC(S)CC2C1. The second-order valence-corrected chi connectivity index (χ2v) is 5.29. The van der Waals surface area contributed by atoms with Gasteiger partial charge < -0.3 is 0 Å². The van der Waals surface area contributed by atoms with Gasteiger partial charge in [-0.15, -0.1) is 0 Å². The van der Waals surface area contributed by atoms with E-state index in [1.54, 1.807) is 0 Å². The number of hydrogen-bond acceptors (Lipinski definition) is 1. The molecule has 0 amide bonds. The van der Waals surface area contributed by atoms with Gasteiger partial charge in [-0.3, -0.25) is 0 Å². The monoisotopic (exact) mass is 168 g/mol. The van der Waals surface area contributed by atoms with Crippen LogP contribution in [0, 0.1) is 11.8 Å². The molecule has 0 aliphatic heterocycles. The van der Waals surface area contributed by atoms with E-state index in [-0.39, 0.29) is 0 Å². The number of fused-ring (bicyclic) bond motifs is 1. The van der Waals surface area contributed by atoms with Gasteiger partial charge in [0.05, 0.1) is 0 Å². The van der Waals surface area contributed by atoms with Crippen molar-refractivity contribution in [3.63, 3.8) is 0 Å². The maximum atomic E-state index is 4.58. The fourth-order valence-electron chi connectivity index (χ4n) is 2.96. The Balaban J connectivity index is 1.97. The van der Waals surface area contributed by atoms with E-state index in [2.05, 4.69) is 20.5 Å². The smallest absolute Gasteiger partial charge is 0.105 e. The summed E-state index contributed by atoms with van der Waals surface area (Å²) in [5, 5.41) is 0.732. The normalized spacial score (nSPS) is 50.6. The second-order valence-electron chi connectivity index (χ2n) is 4.56. The van der Waals surface area contributed by atoms with Crippen LogP contribution in [0.1, 0.15) is 32.1 Å². The minimum absolute atomic E-state index is 0.732. The van der Waals surface area contributed by atoms with Crippen LogP contribution in [0.15, 0.2) is 0 Å². The summed E-state index contributed by atoms with van der Waals surface area (Å²) in [6.07, 6.45) is 7.25. The lowest BCUT2D eigenvalue weighted by Gasteiger charge is -2.29. The molecule has 0 bridgehead atoms. The third kappa shape index (κ3) is 1.61. The summed E-state index contributed by atoms with van der Waals surface area (Å²) in [7, 11) is 2.40. The maximum Gasteiger partial charge on any atom is 0.105 e. The second kappa shape index (κ2) is 3.04. The van der Waals surface area contributed by atoms with Gasteiger partial charge in [0.1, 0.15) is 7.85 Å². The molecule has 0 saturated heterocycles. The lowest BCUT2D eigenvalue weighted by atomic mass is 9.68. The van der Waals surface area contributed by atoms with Crippen molar-refractivity contribution < 1.29 is 0 Å². The third-order valence-electron chi connectivity index (χ3n) is 3.55. The van der Waals surface area contributed by atoms with Crippen molar-refractivity contribution in [2.45, 2.75) is 43.2 Å². The summed E-state index contributed by atoms with van der Waals surface area (Å²) in [5.41, 5.74) is 0. The van der Waals surface area contributed by atoms with E-state index in [0.717, 1.165) is 22.9 Å². The molecule has 2 aliphatic carbocycles. The average molecular weight is 168 g/mol. The topological polar surface area (TPSA) is 0 Å². The first kappa shape index (κ1) is 8.03. The molecule has 0 aromatic carbocycles. The molecule has 4 unspecified atom stereocenters. The Kier molecular flexibility index (Phi) is 2.22. The first-order valence-electron chi connectivity index (χ1n) is 4.93. The van der Waals surface area contributed by atoms with Gasteiger partial charge in [-0.25, -0.2) is 0 Å². The minimum atomic E-state index is 0.732. The Morgan fingerprint density at radius 2 is 1.73 bits per heavy atom. The van der Waals surface area contributed by atoms with Gasteiger partial charge in [-0.2, -0.15) is 12.6 Å². The van der Waals surface area contributed by atoms with Crippen LogP contribution in [0.3, 0.4) is 0 Å². The Bertz CT molecular complexity index is 148. The van der Waals surface area contributed by atoms with Crippen LogP contribution in [0.2, 0.25) is 5.82 Å². The molecular weight excluding hydrogens is 151 g/mol. The van der Waals surface area contributed by atoms with Crippen LogP contribution in [0.5, 0.6) is 0 Å². The number of hydrogen-bond donors (Lipinski definition) is 1. The molecule has 11 heavy (non-hydrogen) atoms. The van der Waals surface area contributed by atoms with Crippen LogP contribution in [0.25, 0.3) is 0 Å². The predicted molar refractivity (Wildman–Crippen MR) is 55.1 cm³/mol. The summed E-state index contributed by atoms with van der Waals surface area (Å²) < 4.78 is 0. The van der Waals surface area contributed by atoms with Crippen molar-refractivity contribution in [3.05, 3.63) is 0 Å². The van der Waals surface area contributed by atoms with Crippen LogP contribution in [-0.4, -0.2) is 13.1 Å². The largest absolute Gasteiger partial charge is 0.176 e. The fourth-order valence-corrected chi connectivity index (χ4v) is 3.50. The van der Waals surface area contributed by atoms with E-state index < -0.39 is 0 Å². The van der Waals surface area contributed by atoms with Crippen molar-refractivity contribution in [2.75, 3.05) is 0 Å². The first-order valence-corrected chi connectivity index (χ1v) is 5.45. The van der Waals surface area contributed by atoms with Gasteiger partial charge in [-0.05, 0) is 24.7 Å². The zero-order chi connectivity index (χ0) is 7.84. The van der Waals surface area contributed by atoms with Gasteiger partial charge in [0, 0.05) is 5.25 Å². The van der Waals surface area contributed by atoms with Crippen LogP contribution in [0.4, 0.5) is 0 Å². The quantitative estimate of drug-likeness (QED) is 0.414. The molecule has 2 saturated carbocycles. The average Bonchev–Trinajstić information content (AvgIpc) is 2.27. The molecule has 0 radical (unpaired) electrons. The fraction of sp³-hybridized carbons (Fsp3) is 1.00. The van der Waals surface area contributed by atoms with Crippen molar-refractivity contribution in [3.8, 4) is 0 Å². The molecule has 0 nitrogen and oxygen atoms in total. The molecule has 2 heteroatoms. The minimum Gasteiger partial charge on any atom is -0.176 e. The predicted octanol–water partition coefficient (Wildman–Crippen LogP) is 1.92. The van der Waals surface area contributed by atoms with E-state index in [9.17, 15) is 0 Å². The molecule has 2 fully saturated rings. The molecule has 2 rings (SSSR count). The van der Waals surface area contributed by atoms with Gasteiger partial charge in [-0.1, -0.05) is 25.1 Å². The molecular formula is C9H17BS. The number of thiol groups is 1. The molecule has 0 aromatic rings. The lowest BCUT2D eigenvalue weighted by molar-refractivity contribution is 0.278. The Labute approximate surface area is 76.0 Å². The van der Waals surface area contributed by atoms with Gasteiger partial charge in [0.2, 0.25) is 0 Å². The molecule has 0 N–H and O–H groups in total. The Hall–Kier alpha value is 0.415. The van der Waals surface area contributed by atoms with Gasteiger partial charge >= 0.3 is 0 Å². The Morgan fingerprint density at radius 3 is 2.55 bits per heavy atom. The third-order valence-corrected chi connectivity index (χ3v) is 3.97. The van der Waals surface area contributed by atoms with Crippen LogP contribution < -0.4 is 0 Å². The van der Waals surface area contributed by atoms with Crippen molar-refractivity contribution in [1.82, 2.24) is 0 Å². The van der Waals surface area contributed by atoms with Crippen molar-refractivity contribution in [2.24, 2.45) is 11.8 Å². The van der Waals surface area contributed by atoms with E-state index in [1.807, 2.05) is 0 Å². The number of rotatable bonds is 0. The Morgan fingerprint density at radius 1 is 1.00 bits per heavy atom. The van der Waals surface area contributed by atoms with Crippen molar-refractivity contribution in [1.29, 1.82) is 0 Å². The highest BCUT2D eigenvalue weighted by Crippen LogP contribution is 2.46. The standard InChI is InChI=1S/C9H17BS/c10-8-2-1-6-4-9(11)5-7(6)3-8/h6-9,11H,1-5,10H2. The molecule has 4 atom stereocenters. The van der Waals surface area contributed by atoms with Crippen LogP contribution >= 0.6 is 12.6 Å². The maximum absolute atomic E-state index is 4.58. The molecule has 62 valence electrons. The highest BCUT2D eigenvalue weighted by Gasteiger charge is 2.35. The van der Waals surface area contributed by atoms with E-state index in [0.29, 0.717) is 0 Å². The van der Waals surface area contributed by atoms with E-state index in [4.69, 9.17) is 0 Å². The zero-order valence-corrected chi connectivity index (χ0v) is 8.19. The summed E-state index contributed by atoms with van der Waals surface area (Å²) in [4.78, 5) is 0. The summed E-state index contributed by atoms with van der Waals surface area (Å²) in [6, 6.07) is 0. The lowest BCUT2D eigenvalue weighted by Crippen LogP contribution is -2.17. The van der Waals surface area contributed by atoms with Gasteiger partial charge in [0.15, 0.2) is 0 Å². The summed E-state index contributed by atoms with van der Waals surface area (Å²) in [5.74, 6) is 3.09. The first-order chi connectivity index (χ1) is 5.25.